The van der Waals surface area contributed by atoms with Crippen LogP contribution in [-0.2, 0) is 9.53 Å². The summed E-state index contributed by atoms with van der Waals surface area (Å²) in [5, 5.41) is 0. The molecule has 1 aromatic heterocycles. The predicted octanol–water partition coefficient (Wildman–Crippen LogP) is 2.23. The molecule has 0 spiro atoms. The van der Waals surface area contributed by atoms with Gasteiger partial charge in [-0.15, -0.1) is 0 Å². The number of esters is 1. The van der Waals surface area contributed by atoms with Crippen molar-refractivity contribution >= 4 is 11.8 Å². The summed E-state index contributed by atoms with van der Waals surface area (Å²) in [6, 6.07) is 1.87. The molecule has 1 atom stereocenters. The highest BCUT2D eigenvalue weighted by molar-refractivity contribution is 5.76. The number of rotatable bonds is 5. The van der Waals surface area contributed by atoms with E-state index in [1.165, 1.54) is 7.11 Å². The maximum atomic E-state index is 12.1. The number of nitrogens with zero attached hydrogens (tertiary/aromatic N) is 4. The van der Waals surface area contributed by atoms with E-state index < -0.39 is 0 Å². The van der Waals surface area contributed by atoms with Gasteiger partial charge in [-0.05, 0) is 12.8 Å². The van der Waals surface area contributed by atoms with Crippen molar-refractivity contribution in [2.24, 2.45) is 5.92 Å². The molecule has 6 heteroatoms. The molecule has 0 amide bonds. The Morgan fingerprint density at radius 2 is 1.75 bits per heavy atom. The van der Waals surface area contributed by atoms with Crippen molar-refractivity contribution in [1.82, 2.24) is 14.9 Å². The molecule has 0 aliphatic carbocycles. The average Bonchev–Trinajstić information content (AvgIpc) is 2.54. The molecule has 0 N–H and O–H groups in total. The van der Waals surface area contributed by atoms with Gasteiger partial charge in [-0.2, -0.15) is 0 Å². The van der Waals surface area contributed by atoms with Crippen LogP contribution in [0.15, 0.2) is 6.07 Å². The molecule has 1 unspecified atom stereocenters. The molecule has 0 saturated carbocycles. The zero-order chi connectivity index (χ0) is 17.9. The van der Waals surface area contributed by atoms with E-state index in [4.69, 9.17) is 9.72 Å². The van der Waals surface area contributed by atoms with Crippen LogP contribution in [-0.4, -0.2) is 60.2 Å². The van der Waals surface area contributed by atoms with Crippen LogP contribution in [0.5, 0.6) is 0 Å². The summed E-state index contributed by atoms with van der Waals surface area (Å²) in [5.74, 6) is 2.29. The molecule has 0 aromatic carbocycles. The lowest BCUT2D eigenvalue weighted by molar-refractivity contribution is -0.149. The van der Waals surface area contributed by atoms with Gasteiger partial charge in [0.1, 0.15) is 17.7 Å². The predicted molar refractivity (Wildman–Crippen MR) is 95.3 cm³/mol. The molecule has 6 nitrogen and oxygen atoms in total. The third-order valence-corrected chi connectivity index (χ3v) is 4.48. The summed E-state index contributed by atoms with van der Waals surface area (Å²) in [6.07, 6.45) is 0. The third-order valence-electron chi connectivity index (χ3n) is 4.48. The van der Waals surface area contributed by atoms with Crippen molar-refractivity contribution in [3.63, 3.8) is 0 Å². The summed E-state index contributed by atoms with van der Waals surface area (Å²) in [5.41, 5.74) is 1.00. The van der Waals surface area contributed by atoms with E-state index in [9.17, 15) is 4.79 Å². The second-order valence-corrected chi connectivity index (χ2v) is 7.12. The van der Waals surface area contributed by atoms with E-state index >= 15 is 0 Å². The van der Waals surface area contributed by atoms with Crippen LogP contribution in [0, 0.1) is 12.8 Å². The van der Waals surface area contributed by atoms with Crippen LogP contribution in [0.25, 0.3) is 0 Å². The van der Waals surface area contributed by atoms with Crippen LogP contribution in [0.3, 0.4) is 0 Å². The molecular formula is C18H30N4O2. The topological polar surface area (TPSA) is 58.6 Å². The number of hydrogen-bond acceptors (Lipinski definition) is 6. The van der Waals surface area contributed by atoms with Gasteiger partial charge in [0, 0.05) is 43.9 Å². The van der Waals surface area contributed by atoms with Gasteiger partial charge < -0.3 is 9.64 Å². The first-order chi connectivity index (χ1) is 11.3. The molecule has 0 bridgehead atoms. The van der Waals surface area contributed by atoms with Gasteiger partial charge in [0.05, 0.1) is 7.11 Å². The first-order valence-electron chi connectivity index (χ1n) is 8.76. The fraction of sp³-hybridized carbons (Fsp3) is 0.722. The van der Waals surface area contributed by atoms with Crippen molar-refractivity contribution in [3.05, 3.63) is 17.6 Å². The van der Waals surface area contributed by atoms with Crippen molar-refractivity contribution < 1.29 is 9.53 Å². The lowest BCUT2D eigenvalue weighted by atomic mass is 10.0. The summed E-state index contributed by atoms with van der Waals surface area (Å²) in [4.78, 5) is 25.8. The first-order valence-corrected chi connectivity index (χ1v) is 8.76. The maximum Gasteiger partial charge on any atom is 0.323 e. The largest absolute Gasteiger partial charge is 0.468 e. The summed E-state index contributed by atoms with van der Waals surface area (Å²) in [7, 11) is 1.46. The van der Waals surface area contributed by atoms with Gasteiger partial charge in [-0.25, -0.2) is 9.97 Å². The number of methoxy groups -OCH3 is 1. The number of piperazine rings is 1. The highest BCUT2D eigenvalue weighted by Gasteiger charge is 2.32. The highest BCUT2D eigenvalue weighted by atomic mass is 16.5. The lowest BCUT2D eigenvalue weighted by Gasteiger charge is -2.40. The van der Waals surface area contributed by atoms with Crippen LogP contribution >= 0.6 is 0 Å². The van der Waals surface area contributed by atoms with E-state index in [0.717, 1.165) is 43.5 Å². The van der Waals surface area contributed by atoms with Crippen LogP contribution in [0.2, 0.25) is 0 Å². The van der Waals surface area contributed by atoms with Crippen molar-refractivity contribution in [2.75, 3.05) is 38.2 Å². The molecule has 1 aliphatic rings. The molecule has 1 aromatic rings. The van der Waals surface area contributed by atoms with Crippen molar-refractivity contribution in [3.8, 4) is 0 Å². The highest BCUT2D eigenvalue weighted by Crippen LogP contribution is 2.21. The Morgan fingerprint density at radius 1 is 1.12 bits per heavy atom. The second-order valence-electron chi connectivity index (χ2n) is 7.12. The SMILES string of the molecule is COC(=O)C(C(C)C)N1CCN(c2cc(C)nc(C(C)C)n2)CC1. The zero-order valence-corrected chi connectivity index (χ0v) is 15.7. The fourth-order valence-electron chi connectivity index (χ4n) is 3.19. The number of aromatic nitrogens is 2. The fourth-order valence-corrected chi connectivity index (χ4v) is 3.19. The van der Waals surface area contributed by atoms with Crippen molar-refractivity contribution in [1.29, 1.82) is 0 Å². The van der Waals surface area contributed by atoms with Gasteiger partial charge >= 0.3 is 5.97 Å². The van der Waals surface area contributed by atoms with Crippen LogP contribution < -0.4 is 4.90 Å². The number of aryl methyl sites for hydroxylation is 1. The Labute approximate surface area is 145 Å². The second kappa shape index (κ2) is 7.92. The van der Waals surface area contributed by atoms with Crippen LogP contribution in [0.4, 0.5) is 5.82 Å². The number of carbonyl (C=O) groups excluding carboxylic acids is 1. The minimum atomic E-state index is -0.171. The number of anilines is 1. The van der Waals surface area contributed by atoms with Gasteiger partial charge in [0.15, 0.2) is 0 Å². The van der Waals surface area contributed by atoms with E-state index in [0.29, 0.717) is 5.92 Å². The quantitative estimate of drug-likeness (QED) is 0.770. The molecular weight excluding hydrogens is 304 g/mol. The minimum Gasteiger partial charge on any atom is -0.468 e. The first kappa shape index (κ1) is 18.6. The standard InChI is InChI=1S/C18H30N4O2/c1-12(2)16(18(23)24-6)22-9-7-21(8-10-22)15-11-14(5)19-17(20-15)13(3)4/h11-13,16H,7-10H2,1-6H3. The van der Waals surface area contributed by atoms with Gasteiger partial charge in [0.2, 0.25) is 0 Å². The number of ether oxygens (including phenoxy) is 1. The number of hydrogen-bond donors (Lipinski definition) is 0. The van der Waals surface area contributed by atoms with Gasteiger partial charge in [-0.3, -0.25) is 9.69 Å². The summed E-state index contributed by atoms with van der Waals surface area (Å²) >= 11 is 0. The Hall–Kier alpha value is -1.69. The van der Waals surface area contributed by atoms with E-state index in [1.54, 1.807) is 0 Å². The minimum absolute atomic E-state index is 0.140. The molecule has 134 valence electrons. The van der Waals surface area contributed by atoms with Gasteiger partial charge in [0.25, 0.3) is 0 Å². The van der Waals surface area contributed by atoms with E-state index in [-0.39, 0.29) is 17.9 Å². The average molecular weight is 334 g/mol. The lowest BCUT2D eigenvalue weighted by Crippen LogP contribution is -2.54. The molecule has 2 heterocycles. The third kappa shape index (κ3) is 4.23. The maximum absolute atomic E-state index is 12.1. The van der Waals surface area contributed by atoms with Crippen molar-refractivity contribution in [2.45, 2.75) is 46.6 Å². The summed E-state index contributed by atoms with van der Waals surface area (Å²) < 4.78 is 4.98. The molecule has 2 rings (SSSR count). The monoisotopic (exact) mass is 334 g/mol. The molecule has 0 radical (unpaired) electrons. The van der Waals surface area contributed by atoms with Gasteiger partial charge in [-0.1, -0.05) is 27.7 Å². The normalized spacial score (nSPS) is 17.4. The number of carbonyl (C=O) groups is 1. The zero-order valence-electron chi connectivity index (χ0n) is 15.7. The molecule has 1 saturated heterocycles. The van der Waals surface area contributed by atoms with E-state index in [2.05, 4.69) is 42.5 Å². The molecule has 1 fully saturated rings. The summed E-state index contributed by atoms with van der Waals surface area (Å²) in [6.45, 7) is 13.7. The molecule has 1 aliphatic heterocycles. The smallest absolute Gasteiger partial charge is 0.323 e. The van der Waals surface area contributed by atoms with E-state index in [1.807, 2.05) is 13.0 Å². The Balaban J connectivity index is 2.08. The molecule has 24 heavy (non-hydrogen) atoms. The Bertz CT molecular complexity index is 566. The Morgan fingerprint density at radius 3 is 2.25 bits per heavy atom. The van der Waals surface area contributed by atoms with Crippen LogP contribution in [0.1, 0.15) is 45.1 Å². The Kier molecular flexibility index (Phi) is 6.15.